The molecule has 36 heavy (non-hydrogen) atoms. The quantitative estimate of drug-likeness (QED) is 0.493. The van der Waals surface area contributed by atoms with Crippen LogP contribution in [0.4, 0.5) is 37.7 Å². The number of nitrogens with one attached hydrogen (secondary N) is 1. The summed E-state index contributed by atoms with van der Waals surface area (Å²) in [5.74, 6) is -1.07. The lowest BCUT2D eigenvalue weighted by molar-refractivity contribution is -0.141. The molecule has 0 radical (unpaired) electrons. The van der Waals surface area contributed by atoms with Crippen LogP contribution in [0.3, 0.4) is 0 Å². The molecule has 1 aromatic heterocycles. The number of nitrogens with zero attached hydrogens (tertiary/aromatic N) is 3. The van der Waals surface area contributed by atoms with Crippen LogP contribution in [0.25, 0.3) is 5.69 Å². The van der Waals surface area contributed by atoms with Gasteiger partial charge in [-0.05, 0) is 35.9 Å². The first-order chi connectivity index (χ1) is 17.0. The molecular formula is C23H21F6N5O2. The number of rotatable bonds is 5. The number of aromatic nitrogens is 2. The Bertz CT molecular complexity index is 1250. The zero-order valence-corrected chi connectivity index (χ0v) is 18.7. The Morgan fingerprint density at radius 2 is 1.72 bits per heavy atom. The molecule has 1 amide bonds. The Morgan fingerprint density at radius 3 is 2.36 bits per heavy atom. The summed E-state index contributed by atoms with van der Waals surface area (Å²) in [6.45, 7) is 1.16. The Balaban J connectivity index is 1.70. The van der Waals surface area contributed by atoms with Crippen molar-refractivity contribution in [1.82, 2.24) is 9.78 Å². The minimum absolute atomic E-state index is 0.0770. The Kier molecular flexibility index (Phi) is 6.96. The van der Waals surface area contributed by atoms with E-state index in [1.165, 1.54) is 35.2 Å². The SMILES string of the molecule is NCc1cccc(-n2nc(C(F)(F)F)cc2C(=O)Nc2ccc(N3CCOCC3)c(C(F)(F)F)c2)c1. The van der Waals surface area contributed by atoms with Crippen molar-refractivity contribution >= 4 is 17.3 Å². The van der Waals surface area contributed by atoms with Crippen LogP contribution in [-0.2, 0) is 23.6 Å². The van der Waals surface area contributed by atoms with Crippen molar-refractivity contribution in [1.29, 1.82) is 0 Å². The number of alkyl halides is 6. The van der Waals surface area contributed by atoms with Crippen LogP contribution in [0.5, 0.6) is 0 Å². The van der Waals surface area contributed by atoms with Crippen LogP contribution in [0.15, 0.2) is 48.5 Å². The second kappa shape index (κ2) is 9.82. The standard InChI is InChI=1S/C23H21F6N5O2/c24-22(25,26)17-11-15(4-5-18(17)33-6-8-36-9-7-33)31-21(35)19-12-20(23(27,28)29)32-34(19)16-3-1-2-14(10-16)13-30/h1-5,10-12H,6-9,13,30H2,(H,31,35). The summed E-state index contributed by atoms with van der Waals surface area (Å²) in [6, 6.07) is 9.84. The maximum absolute atomic E-state index is 13.8. The highest BCUT2D eigenvalue weighted by Gasteiger charge is 2.37. The summed E-state index contributed by atoms with van der Waals surface area (Å²) in [4.78, 5) is 14.5. The van der Waals surface area contributed by atoms with Crippen LogP contribution < -0.4 is 16.0 Å². The third-order valence-corrected chi connectivity index (χ3v) is 5.53. The minimum Gasteiger partial charge on any atom is -0.378 e. The van der Waals surface area contributed by atoms with Crippen LogP contribution in [0.2, 0.25) is 0 Å². The summed E-state index contributed by atoms with van der Waals surface area (Å²) in [7, 11) is 0. The van der Waals surface area contributed by atoms with Gasteiger partial charge in [-0.25, -0.2) is 4.68 Å². The number of anilines is 2. The molecule has 1 aliphatic rings. The average Bonchev–Trinajstić information content (AvgIpc) is 3.31. The van der Waals surface area contributed by atoms with Gasteiger partial charge in [-0.2, -0.15) is 31.4 Å². The molecule has 3 N–H and O–H groups in total. The van der Waals surface area contributed by atoms with Gasteiger partial charge in [-0.3, -0.25) is 4.79 Å². The van der Waals surface area contributed by atoms with Gasteiger partial charge in [0.25, 0.3) is 5.91 Å². The first kappa shape index (κ1) is 25.5. The number of amides is 1. The number of ether oxygens (including phenoxy) is 1. The van der Waals surface area contributed by atoms with E-state index in [-0.39, 0.29) is 49.9 Å². The smallest absolute Gasteiger partial charge is 0.378 e. The van der Waals surface area contributed by atoms with E-state index in [4.69, 9.17) is 10.5 Å². The van der Waals surface area contributed by atoms with Gasteiger partial charge in [0.1, 0.15) is 5.69 Å². The number of nitrogens with two attached hydrogens (primary N) is 1. The second-order valence-corrected chi connectivity index (χ2v) is 7.98. The predicted octanol–water partition coefficient (Wildman–Crippen LogP) is 4.46. The number of carbonyl (C=O) groups excluding carboxylic acids is 1. The lowest BCUT2D eigenvalue weighted by Crippen LogP contribution is -2.37. The lowest BCUT2D eigenvalue weighted by atomic mass is 10.1. The molecule has 2 aromatic carbocycles. The van der Waals surface area contributed by atoms with E-state index in [0.29, 0.717) is 11.6 Å². The zero-order valence-electron chi connectivity index (χ0n) is 18.7. The number of morpholine rings is 1. The predicted molar refractivity (Wildman–Crippen MR) is 119 cm³/mol. The average molecular weight is 513 g/mol. The molecular weight excluding hydrogens is 492 g/mol. The van der Waals surface area contributed by atoms with E-state index in [0.717, 1.165) is 10.7 Å². The van der Waals surface area contributed by atoms with Gasteiger partial charge in [-0.15, -0.1) is 0 Å². The Labute approximate surface area is 201 Å². The van der Waals surface area contributed by atoms with E-state index in [1.807, 2.05) is 0 Å². The molecule has 0 bridgehead atoms. The summed E-state index contributed by atoms with van der Waals surface area (Å²) in [6.07, 6.45) is -9.59. The minimum atomic E-state index is -4.85. The summed E-state index contributed by atoms with van der Waals surface area (Å²) >= 11 is 0. The fraction of sp³-hybridized carbons (Fsp3) is 0.304. The molecule has 0 aliphatic carbocycles. The highest BCUT2D eigenvalue weighted by atomic mass is 19.4. The molecule has 0 saturated carbocycles. The number of hydrogen-bond acceptors (Lipinski definition) is 5. The maximum Gasteiger partial charge on any atom is 0.435 e. The second-order valence-electron chi connectivity index (χ2n) is 7.98. The lowest BCUT2D eigenvalue weighted by Gasteiger charge is -2.31. The number of benzene rings is 2. The van der Waals surface area contributed by atoms with Crippen molar-refractivity contribution in [3.8, 4) is 5.69 Å². The van der Waals surface area contributed by atoms with E-state index >= 15 is 0 Å². The van der Waals surface area contributed by atoms with E-state index in [2.05, 4.69) is 10.4 Å². The third-order valence-electron chi connectivity index (χ3n) is 5.53. The first-order valence-corrected chi connectivity index (χ1v) is 10.8. The monoisotopic (exact) mass is 513 g/mol. The maximum atomic E-state index is 13.8. The van der Waals surface area contributed by atoms with Crippen LogP contribution in [-0.4, -0.2) is 42.0 Å². The van der Waals surface area contributed by atoms with Crippen molar-refractivity contribution in [3.63, 3.8) is 0 Å². The zero-order chi connectivity index (χ0) is 26.1. The van der Waals surface area contributed by atoms with Crippen LogP contribution >= 0.6 is 0 Å². The van der Waals surface area contributed by atoms with Crippen LogP contribution in [0, 0.1) is 0 Å². The molecule has 1 aliphatic heterocycles. The van der Waals surface area contributed by atoms with E-state index < -0.39 is 35.2 Å². The molecule has 4 rings (SSSR count). The molecule has 13 heteroatoms. The molecule has 0 spiro atoms. The van der Waals surface area contributed by atoms with Gasteiger partial charge in [0.15, 0.2) is 5.69 Å². The van der Waals surface area contributed by atoms with Crippen molar-refractivity contribution in [3.05, 3.63) is 71.0 Å². The number of hydrogen-bond donors (Lipinski definition) is 2. The molecule has 2 heterocycles. The van der Waals surface area contributed by atoms with Crippen molar-refractivity contribution in [2.24, 2.45) is 5.73 Å². The summed E-state index contributed by atoms with van der Waals surface area (Å²) < 4.78 is 87.5. The fourth-order valence-electron chi connectivity index (χ4n) is 3.81. The fourth-order valence-corrected chi connectivity index (χ4v) is 3.81. The van der Waals surface area contributed by atoms with Crippen molar-refractivity contribution in [2.45, 2.75) is 18.9 Å². The van der Waals surface area contributed by atoms with E-state index in [9.17, 15) is 31.1 Å². The van der Waals surface area contributed by atoms with Crippen LogP contribution in [0.1, 0.15) is 27.3 Å². The van der Waals surface area contributed by atoms with Crippen molar-refractivity contribution in [2.75, 3.05) is 36.5 Å². The largest absolute Gasteiger partial charge is 0.435 e. The van der Waals surface area contributed by atoms with Gasteiger partial charge in [-0.1, -0.05) is 12.1 Å². The number of carbonyl (C=O) groups is 1. The highest BCUT2D eigenvalue weighted by molar-refractivity contribution is 6.03. The topological polar surface area (TPSA) is 85.4 Å². The van der Waals surface area contributed by atoms with Gasteiger partial charge in [0.2, 0.25) is 0 Å². The van der Waals surface area contributed by atoms with Gasteiger partial charge < -0.3 is 20.7 Å². The molecule has 192 valence electrons. The third kappa shape index (κ3) is 5.46. The molecule has 1 saturated heterocycles. The molecule has 0 atom stereocenters. The number of halogens is 6. The summed E-state index contributed by atoms with van der Waals surface area (Å²) in [5, 5.41) is 5.78. The highest BCUT2D eigenvalue weighted by Crippen LogP contribution is 2.39. The Morgan fingerprint density at radius 1 is 1.00 bits per heavy atom. The molecule has 0 unspecified atom stereocenters. The normalized spacial score (nSPS) is 14.7. The van der Waals surface area contributed by atoms with E-state index in [1.54, 1.807) is 6.07 Å². The summed E-state index contributed by atoms with van der Waals surface area (Å²) in [5.41, 5.74) is 3.17. The van der Waals surface area contributed by atoms with Gasteiger partial charge in [0.05, 0.1) is 24.5 Å². The van der Waals surface area contributed by atoms with Gasteiger partial charge >= 0.3 is 12.4 Å². The first-order valence-electron chi connectivity index (χ1n) is 10.8. The van der Waals surface area contributed by atoms with Gasteiger partial charge in [0, 0.05) is 37.1 Å². The van der Waals surface area contributed by atoms with Crippen molar-refractivity contribution < 1.29 is 35.9 Å². The molecule has 3 aromatic rings. The molecule has 1 fully saturated rings. The molecule has 7 nitrogen and oxygen atoms in total. The Hall–Kier alpha value is -3.58.